The number of hydrogen-bond acceptors (Lipinski definition) is 2. The first-order chi connectivity index (χ1) is 10.2. The first kappa shape index (κ1) is 12.7. The van der Waals surface area contributed by atoms with Crippen LogP contribution in [0.1, 0.15) is 24.0 Å². The van der Waals surface area contributed by atoms with Crippen LogP contribution in [0.2, 0.25) is 0 Å². The highest BCUT2D eigenvalue weighted by Crippen LogP contribution is 2.37. The van der Waals surface area contributed by atoms with E-state index in [2.05, 4.69) is 10.3 Å². The van der Waals surface area contributed by atoms with E-state index in [1.807, 2.05) is 6.20 Å². The minimum absolute atomic E-state index is 0.162. The van der Waals surface area contributed by atoms with Gasteiger partial charge in [-0.15, -0.1) is 0 Å². The molecule has 1 aromatic heterocycles. The van der Waals surface area contributed by atoms with Gasteiger partial charge in [-0.1, -0.05) is 0 Å². The number of amides is 1. The number of aromatic nitrogens is 1. The second-order valence-electron chi connectivity index (χ2n) is 5.82. The highest BCUT2D eigenvalue weighted by Gasteiger charge is 2.29. The van der Waals surface area contributed by atoms with Gasteiger partial charge in [-0.3, -0.25) is 4.79 Å². The Labute approximate surface area is 121 Å². The predicted molar refractivity (Wildman–Crippen MR) is 76.9 cm³/mol. The summed E-state index contributed by atoms with van der Waals surface area (Å²) in [5.74, 6) is 0.491. The van der Waals surface area contributed by atoms with Crippen molar-refractivity contribution in [1.29, 1.82) is 0 Å². The van der Waals surface area contributed by atoms with E-state index in [-0.39, 0.29) is 17.6 Å². The maximum atomic E-state index is 13.9. The van der Waals surface area contributed by atoms with Crippen LogP contribution in [-0.2, 0) is 17.6 Å². The zero-order valence-corrected chi connectivity index (χ0v) is 11.7. The third-order valence-corrected chi connectivity index (χ3v) is 4.30. The lowest BCUT2D eigenvalue weighted by Gasteiger charge is -2.06. The minimum Gasteiger partial charge on any atom is -0.490 e. The molecule has 2 aliphatic rings. The Morgan fingerprint density at radius 1 is 1.48 bits per heavy atom. The molecule has 0 saturated heterocycles. The van der Waals surface area contributed by atoms with Crippen LogP contribution in [0.15, 0.2) is 12.3 Å². The molecule has 110 valence electrons. The van der Waals surface area contributed by atoms with E-state index in [4.69, 9.17) is 4.74 Å². The number of fused-ring (bicyclic) bond motifs is 3. The number of benzene rings is 1. The van der Waals surface area contributed by atoms with Crippen LogP contribution in [-0.4, -0.2) is 24.0 Å². The molecule has 1 fully saturated rings. The zero-order valence-electron chi connectivity index (χ0n) is 11.7. The molecular formula is C16H17FN2O2. The number of nitrogens with one attached hydrogen (secondary N) is 2. The Morgan fingerprint density at radius 2 is 2.33 bits per heavy atom. The molecule has 5 heteroatoms. The molecule has 2 aromatic rings. The first-order valence-electron chi connectivity index (χ1n) is 7.46. The van der Waals surface area contributed by atoms with Crippen LogP contribution in [0.5, 0.6) is 5.75 Å². The van der Waals surface area contributed by atoms with E-state index >= 15 is 0 Å². The molecule has 2 heterocycles. The van der Waals surface area contributed by atoms with Crippen LogP contribution in [0.4, 0.5) is 4.39 Å². The monoisotopic (exact) mass is 288 g/mol. The van der Waals surface area contributed by atoms with Gasteiger partial charge >= 0.3 is 0 Å². The van der Waals surface area contributed by atoms with E-state index in [0.717, 1.165) is 47.7 Å². The number of carbonyl (C=O) groups excluding carboxylic acids is 1. The van der Waals surface area contributed by atoms with E-state index in [1.165, 1.54) is 6.07 Å². The normalized spacial score (nSPS) is 16.8. The van der Waals surface area contributed by atoms with Gasteiger partial charge in [0.05, 0.1) is 6.61 Å². The molecule has 4 rings (SSSR count). The van der Waals surface area contributed by atoms with Crippen molar-refractivity contribution in [2.75, 3.05) is 13.2 Å². The van der Waals surface area contributed by atoms with Crippen LogP contribution < -0.4 is 10.1 Å². The van der Waals surface area contributed by atoms with E-state index in [1.54, 1.807) is 0 Å². The van der Waals surface area contributed by atoms with Crippen molar-refractivity contribution in [2.45, 2.75) is 25.7 Å². The summed E-state index contributed by atoms with van der Waals surface area (Å²) in [5, 5.41) is 4.03. The molecule has 1 amide bonds. The number of halogens is 1. The lowest BCUT2D eigenvalue weighted by molar-refractivity contribution is -0.122. The SMILES string of the molecule is O=C(NCCc1c[nH]c2cc(F)c3c(c12)CCO3)C1CC1. The van der Waals surface area contributed by atoms with Gasteiger partial charge in [0, 0.05) is 47.6 Å². The lowest BCUT2D eigenvalue weighted by Crippen LogP contribution is -2.26. The Hall–Kier alpha value is -2.04. The van der Waals surface area contributed by atoms with Gasteiger partial charge < -0.3 is 15.0 Å². The summed E-state index contributed by atoms with van der Waals surface area (Å²) in [5.41, 5.74) is 2.87. The van der Waals surface area contributed by atoms with Crippen molar-refractivity contribution in [3.05, 3.63) is 29.2 Å². The maximum absolute atomic E-state index is 13.9. The first-order valence-corrected chi connectivity index (χ1v) is 7.46. The van der Waals surface area contributed by atoms with Gasteiger partial charge in [-0.2, -0.15) is 0 Å². The largest absolute Gasteiger partial charge is 0.490 e. The number of carbonyl (C=O) groups is 1. The van der Waals surface area contributed by atoms with Crippen molar-refractivity contribution >= 4 is 16.8 Å². The Morgan fingerprint density at radius 3 is 3.14 bits per heavy atom. The molecule has 4 nitrogen and oxygen atoms in total. The second kappa shape index (κ2) is 4.76. The fourth-order valence-electron chi connectivity index (χ4n) is 3.06. The molecule has 1 aromatic carbocycles. The van der Waals surface area contributed by atoms with Gasteiger partial charge in [0.25, 0.3) is 0 Å². The molecule has 21 heavy (non-hydrogen) atoms. The van der Waals surface area contributed by atoms with Crippen molar-refractivity contribution in [3.8, 4) is 5.75 Å². The van der Waals surface area contributed by atoms with Crippen molar-refractivity contribution in [2.24, 2.45) is 5.92 Å². The van der Waals surface area contributed by atoms with Gasteiger partial charge in [0.2, 0.25) is 5.91 Å². The summed E-state index contributed by atoms with van der Waals surface area (Å²) >= 11 is 0. The molecule has 1 aliphatic carbocycles. The molecule has 0 atom stereocenters. The standard InChI is InChI=1S/C16H17FN2O2/c17-12-7-13-14(11-4-6-21-15(11)12)10(8-19-13)3-5-18-16(20)9-1-2-9/h7-9,19H,1-6H2,(H,18,20). The van der Waals surface area contributed by atoms with Crippen LogP contribution >= 0.6 is 0 Å². The predicted octanol–water partition coefficient (Wildman–Crippen LogP) is 2.31. The van der Waals surface area contributed by atoms with Gasteiger partial charge in [0.15, 0.2) is 11.6 Å². The second-order valence-corrected chi connectivity index (χ2v) is 5.82. The zero-order chi connectivity index (χ0) is 14.4. The van der Waals surface area contributed by atoms with Gasteiger partial charge in [-0.25, -0.2) is 4.39 Å². The average Bonchev–Trinajstić information content (AvgIpc) is 3.07. The third-order valence-electron chi connectivity index (χ3n) is 4.30. The smallest absolute Gasteiger partial charge is 0.223 e. The van der Waals surface area contributed by atoms with Crippen LogP contribution in [0, 0.1) is 11.7 Å². The molecule has 0 radical (unpaired) electrons. The average molecular weight is 288 g/mol. The molecule has 0 unspecified atom stereocenters. The summed E-state index contributed by atoms with van der Waals surface area (Å²) in [6, 6.07) is 1.49. The third kappa shape index (κ3) is 2.17. The van der Waals surface area contributed by atoms with Crippen molar-refractivity contribution in [3.63, 3.8) is 0 Å². The fourth-order valence-corrected chi connectivity index (χ4v) is 3.06. The minimum atomic E-state index is -0.301. The van der Waals surface area contributed by atoms with E-state index in [0.29, 0.717) is 18.9 Å². The van der Waals surface area contributed by atoms with E-state index in [9.17, 15) is 9.18 Å². The van der Waals surface area contributed by atoms with Crippen molar-refractivity contribution in [1.82, 2.24) is 10.3 Å². The van der Waals surface area contributed by atoms with E-state index < -0.39 is 0 Å². The highest BCUT2D eigenvalue weighted by atomic mass is 19.1. The van der Waals surface area contributed by atoms with Crippen LogP contribution in [0.3, 0.4) is 0 Å². The molecule has 2 N–H and O–H groups in total. The maximum Gasteiger partial charge on any atom is 0.223 e. The van der Waals surface area contributed by atoms with Crippen LogP contribution in [0.25, 0.3) is 10.9 Å². The summed E-state index contributed by atoms with van der Waals surface area (Å²) in [4.78, 5) is 14.8. The fraction of sp³-hybridized carbons (Fsp3) is 0.438. The Kier molecular flexibility index (Phi) is 2.87. The number of H-pyrrole nitrogens is 1. The molecule has 1 saturated carbocycles. The summed E-state index contributed by atoms with van der Waals surface area (Å²) < 4.78 is 19.3. The molecular weight excluding hydrogens is 271 g/mol. The Bertz CT molecular complexity index is 719. The lowest BCUT2D eigenvalue weighted by atomic mass is 10.0. The number of hydrogen-bond donors (Lipinski definition) is 2. The van der Waals surface area contributed by atoms with Gasteiger partial charge in [0.1, 0.15) is 0 Å². The molecule has 1 aliphatic heterocycles. The number of ether oxygens (including phenoxy) is 1. The van der Waals surface area contributed by atoms with Crippen molar-refractivity contribution < 1.29 is 13.9 Å². The number of rotatable bonds is 4. The summed E-state index contributed by atoms with van der Waals surface area (Å²) in [7, 11) is 0. The van der Waals surface area contributed by atoms with Gasteiger partial charge in [-0.05, 0) is 24.8 Å². The summed E-state index contributed by atoms with van der Waals surface area (Å²) in [6.07, 6.45) is 5.43. The highest BCUT2D eigenvalue weighted by molar-refractivity contribution is 5.89. The molecule has 0 spiro atoms. The summed E-state index contributed by atoms with van der Waals surface area (Å²) in [6.45, 7) is 1.16. The quantitative estimate of drug-likeness (QED) is 0.907. The molecule has 0 bridgehead atoms. The number of aromatic amines is 1. The Balaban J connectivity index is 1.57. The topological polar surface area (TPSA) is 54.1 Å².